The van der Waals surface area contributed by atoms with E-state index in [-0.39, 0.29) is 0 Å². The van der Waals surface area contributed by atoms with Crippen molar-refractivity contribution in [1.82, 2.24) is 9.97 Å². The molecule has 0 bridgehead atoms. The van der Waals surface area contributed by atoms with Crippen molar-refractivity contribution >= 4 is 23.1 Å². The summed E-state index contributed by atoms with van der Waals surface area (Å²) in [6, 6.07) is 7.73. The number of hydrogen-bond donors (Lipinski definition) is 0. The van der Waals surface area contributed by atoms with Crippen LogP contribution >= 0.6 is 11.6 Å². The fraction of sp³-hybridized carbons (Fsp3) is 0.333. The van der Waals surface area contributed by atoms with E-state index >= 15 is 0 Å². The molecule has 3 rings (SSSR count). The van der Waals surface area contributed by atoms with Crippen LogP contribution in [0.4, 0.5) is 11.5 Å². The summed E-state index contributed by atoms with van der Waals surface area (Å²) < 4.78 is 5.25. The Hall–Kier alpha value is -2.01. The van der Waals surface area contributed by atoms with E-state index in [1.807, 2.05) is 24.3 Å². The number of pyridine rings is 2. The molecule has 2 aromatic heterocycles. The Morgan fingerprint density at radius 3 is 2.43 bits per heavy atom. The second kappa shape index (κ2) is 6.18. The van der Waals surface area contributed by atoms with Crippen molar-refractivity contribution in [2.75, 3.05) is 43.1 Å². The number of piperazine rings is 1. The Labute approximate surface area is 129 Å². The van der Waals surface area contributed by atoms with Crippen LogP contribution in [0.3, 0.4) is 0 Å². The van der Waals surface area contributed by atoms with Crippen LogP contribution in [0.1, 0.15) is 0 Å². The van der Waals surface area contributed by atoms with Crippen molar-refractivity contribution in [3.63, 3.8) is 0 Å². The van der Waals surface area contributed by atoms with E-state index in [0.29, 0.717) is 5.15 Å². The van der Waals surface area contributed by atoms with Gasteiger partial charge in [-0.25, -0.2) is 9.97 Å². The van der Waals surface area contributed by atoms with Gasteiger partial charge in [0, 0.05) is 50.3 Å². The molecule has 0 spiro atoms. The summed E-state index contributed by atoms with van der Waals surface area (Å²) >= 11 is 5.95. The van der Waals surface area contributed by atoms with Gasteiger partial charge in [0.1, 0.15) is 16.7 Å². The SMILES string of the molecule is COc1ccnc(N2CCN(c3ccnc(Cl)c3)CC2)c1. The first kappa shape index (κ1) is 13.9. The quantitative estimate of drug-likeness (QED) is 0.815. The molecule has 3 heterocycles. The molecule has 21 heavy (non-hydrogen) atoms. The maximum absolute atomic E-state index is 5.95. The average Bonchev–Trinajstić information content (AvgIpc) is 2.55. The highest BCUT2D eigenvalue weighted by Crippen LogP contribution is 2.22. The highest BCUT2D eigenvalue weighted by Gasteiger charge is 2.18. The summed E-state index contributed by atoms with van der Waals surface area (Å²) in [4.78, 5) is 13.0. The van der Waals surface area contributed by atoms with Gasteiger partial charge >= 0.3 is 0 Å². The van der Waals surface area contributed by atoms with Gasteiger partial charge in [0.25, 0.3) is 0 Å². The smallest absolute Gasteiger partial charge is 0.132 e. The second-order valence-electron chi connectivity index (χ2n) is 4.86. The first-order valence-electron chi connectivity index (χ1n) is 6.88. The Bertz CT molecular complexity index is 614. The fourth-order valence-electron chi connectivity index (χ4n) is 2.48. The lowest BCUT2D eigenvalue weighted by atomic mass is 10.2. The molecule has 0 atom stereocenters. The summed E-state index contributed by atoms with van der Waals surface area (Å²) in [6.45, 7) is 3.69. The van der Waals surface area contributed by atoms with Gasteiger partial charge in [0.05, 0.1) is 7.11 Å². The van der Waals surface area contributed by atoms with E-state index in [9.17, 15) is 0 Å². The zero-order valence-electron chi connectivity index (χ0n) is 11.9. The minimum Gasteiger partial charge on any atom is -0.497 e. The van der Waals surface area contributed by atoms with Crippen LogP contribution in [0.2, 0.25) is 5.15 Å². The molecule has 0 unspecified atom stereocenters. The maximum Gasteiger partial charge on any atom is 0.132 e. The summed E-state index contributed by atoms with van der Waals surface area (Å²) in [6.07, 6.45) is 3.52. The molecule has 1 fully saturated rings. The van der Waals surface area contributed by atoms with Gasteiger partial charge < -0.3 is 14.5 Å². The Balaban J connectivity index is 1.67. The number of aromatic nitrogens is 2. The van der Waals surface area contributed by atoms with Crippen LogP contribution in [-0.4, -0.2) is 43.3 Å². The van der Waals surface area contributed by atoms with Crippen LogP contribution in [0.5, 0.6) is 5.75 Å². The van der Waals surface area contributed by atoms with Crippen LogP contribution < -0.4 is 14.5 Å². The van der Waals surface area contributed by atoms with E-state index in [1.165, 1.54) is 0 Å². The zero-order chi connectivity index (χ0) is 14.7. The molecule has 6 heteroatoms. The topological polar surface area (TPSA) is 41.5 Å². The number of ether oxygens (including phenoxy) is 1. The second-order valence-corrected chi connectivity index (χ2v) is 5.25. The third-order valence-corrected chi connectivity index (χ3v) is 3.84. The van der Waals surface area contributed by atoms with E-state index in [4.69, 9.17) is 16.3 Å². The Morgan fingerprint density at radius 1 is 1.00 bits per heavy atom. The van der Waals surface area contributed by atoms with Crippen molar-refractivity contribution in [2.24, 2.45) is 0 Å². The summed E-state index contributed by atoms with van der Waals surface area (Å²) in [5, 5.41) is 0.532. The van der Waals surface area contributed by atoms with Crippen molar-refractivity contribution in [2.45, 2.75) is 0 Å². The molecule has 5 nitrogen and oxygen atoms in total. The van der Waals surface area contributed by atoms with Gasteiger partial charge in [-0.2, -0.15) is 0 Å². The normalized spacial score (nSPS) is 15.1. The van der Waals surface area contributed by atoms with E-state index in [2.05, 4.69) is 19.8 Å². The van der Waals surface area contributed by atoms with Crippen LogP contribution in [0.15, 0.2) is 36.7 Å². The molecule has 1 saturated heterocycles. The monoisotopic (exact) mass is 304 g/mol. The fourth-order valence-corrected chi connectivity index (χ4v) is 2.65. The minimum absolute atomic E-state index is 0.532. The lowest BCUT2D eigenvalue weighted by molar-refractivity contribution is 0.414. The molecule has 2 aromatic rings. The standard InChI is InChI=1S/C15H17ClN4O/c1-21-13-3-5-18-15(11-13)20-8-6-19(7-9-20)12-2-4-17-14(16)10-12/h2-5,10-11H,6-9H2,1H3. The minimum atomic E-state index is 0.532. The Kier molecular flexibility index (Phi) is 4.10. The number of methoxy groups -OCH3 is 1. The van der Waals surface area contributed by atoms with Gasteiger partial charge in [0.2, 0.25) is 0 Å². The first-order chi connectivity index (χ1) is 10.3. The van der Waals surface area contributed by atoms with Gasteiger partial charge in [-0.1, -0.05) is 11.6 Å². The van der Waals surface area contributed by atoms with Crippen molar-refractivity contribution in [1.29, 1.82) is 0 Å². The predicted octanol–water partition coefficient (Wildman–Crippen LogP) is 2.47. The van der Waals surface area contributed by atoms with Crippen LogP contribution in [0, 0.1) is 0 Å². The zero-order valence-corrected chi connectivity index (χ0v) is 12.6. The van der Waals surface area contributed by atoms with Crippen molar-refractivity contribution in [3.8, 4) is 5.75 Å². The summed E-state index contributed by atoms with van der Waals surface area (Å²) in [5.74, 6) is 1.80. The number of nitrogens with zero attached hydrogens (tertiary/aromatic N) is 4. The number of hydrogen-bond acceptors (Lipinski definition) is 5. The summed E-state index contributed by atoms with van der Waals surface area (Å²) in [5.41, 5.74) is 1.12. The lowest BCUT2D eigenvalue weighted by Gasteiger charge is -2.36. The van der Waals surface area contributed by atoms with E-state index in [0.717, 1.165) is 43.4 Å². The molecule has 1 aliphatic rings. The number of anilines is 2. The average molecular weight is 305 g/mol. The van der Waals surface area contributed by atoms with Crippen molar-refractivity contribution < 1.29 is 4.74 Å². The molecule has 0 amide bonds. The third kappa shape index (κ3) is 3.19. The molecule has 1 aliphatic heterocycles. The van der Waals surface area contributed by atoms with Crippen LogP contribution in [0.25, 0.3) is 0 Å². The number of rotatable bonds is 3. The van der Waals surface area contributed by atoms with Gasteiger partial charge in [-0.15, -0.1) is 0 Å². The third-order valence-electron chi connectivity index (χ3n) is 3.63. The summed E-state index contributed by atoms with van der Waals surface area (Å²) in [7, 11) is 1.67. The Morgan fingerprint density at radius 2 is 1.71 bits per heavy atom. The molecule has 110 valence electrons. The molecule has 0 aliphatic carbocycles. The highest BCUT2D eigenvalue weighted by molar-refractivity contribution is 6.29. The van der Waals surface area contributed by atoms with Crippen LogP contribution in [-0.2, 0) is 0 Å². The van der Waals surface area contributed by atoms with Gasteiger partial charge in [-0.3, -0.25) is 0 Å². The first-order valence-corrected chi connectivity index (χ1v) is 7.25. The maximum atomic E-state index is 5.95. The molecule has 0 aromatic carbocycles. The largest absolute Gasteiger partial charge is 0.497 e. The lowest BCUT2D eigenvalue weighted by Crippen LogP contribution is -2.46. The van der Waals surface area contributed by atoms with Crippen molar-refractivity contribution in [3.05, 3.63) is 41.8 Å². The highest BCUT2D eigenvalue weighted by atomic mass is 35.5. The molecular formula is C15H17ClN4O. The van der Waals surface area contributed by atoms with E-state index < -0.39 is 0 Å². The predicted molar refractivity (Wildman–Crippen MR) is 84.5 cm³/mol. The van der Waals surface area contributed by atoms with Gasteiger partial charge in [0.15, 0.2) is 0 Å². The molecular weight excluding hydrogens is 288 g/mol. The van der Waals surface area contributed by atoms with Gasteiger partial charge in [-0.05, 0) is 18.2 Å². The molecule has 0 N–H and O–H groups in total. The molecule has 0 saturated carbocycles. The van der Waals surface area contributed by atoms with E-state index in [1.54, 1.807) is 19.5 Å². The number of halogens is 1. The molecule has 0 radical (unpaired) electrons.